The average molecular weight is 286 g/mol. The number of thiophene rings is 1. The molecule has 2 rings (SSSR count). The van der Waals surface area contributed by atoms with Gasteiger partial charge in [-0.1, -0.05) is 35.3 Å². The van der Waals surface area contributed by atoms with E-state index >= 15 is 0 Å². The summed E-state index contributed by atoms with van der Waals surface area (Å²) in [6, 6.07) is 10.1. The first-order chi connectivity index (χ1) is 8.16. The summed E-state index contributed by atoms with van der Waals surface area (Å²) in [5.74, 6) is 0. The number of hydrogen-bond donors (Lipinski definition) is 1. The molecule has 0 aliphatic heterocycles. The third kappa shape index (κ3) is 3.46. The van der Waals surface area contributed by atoms with Crippen molar-refractivity contribution in [1.29, 1.82) is 0 Å². The zero-order valence-electron chi connectivity index (χ0n) is 9.41. The van der Waals surface area contributed by atoms with Gasteiger partial charge in [-0.3, -0.25) is 0 Å². The van der Waals surface area contributed by atoms with Gasteiger partial charge in [-0.25, -0.2) is 0 Å². The summed E-state index contributed by atoms with van der Waals surface area (Å²) in [7, 11) is 0. The van der Waals surface area contributed by atoms with Crippen LogP contribution in [0.3, 0.4) is 0 Å². The largest absolute Gasteiger partial charge is 0.305 e. The summed E-state index contributed by atoms with van der Waals surface area (Å²) < 4.78 is 0. The summed E-state index contributed by atoms with van der Waals surface area (Å²) in [5.41, 5.74) is 1.22. The van der Waals surface area contributed by atoms with Gasteiger partial charge in [-0.15, -0.1) is 11.3 Å². The summed E-state index contributed by atoms with van der Waals surface area (Å²) >= 11 is 13.6. The van der Waals surface area contributed by atoms with Gasteiger partial charge < -0.3 is 5.32 Å². The van der Waals surface area contributed by atoms with Gasteiger partial charge in [-0.2, -0.15) is 0 Å². The van der Waals surface area contributed by atoms with Crippen LogP contribution < -0.4 is 5.32 Å². The maximum atomic E-state index is 6.04. The first-order valence-electron chi connectivity index (χ1n) is 5.37. The Morgan fingerprint density at radius 2 is 1.88 bits per heavy atom. The highest BCUT2D eigenvalue weighted by atomic mass is 35.5. The van der Waals surface area contributed by atoms with Crippen molar-refractivity contribution in [1.82, 2.24) is 5.32 Å². The molecule has 0 aliphatic rings. The van der Waals surface area contributed by atoms with Crippen LogP contribution in [0.2, 0.25) is 10.0 Å². The molecule has 1 atom stereocenters. The third-order valence-electron chi connectivity index (χ3n) is 2.63. The molecule has 1 heterocycles. The molecule has 1 aromatic carbocycles. The van der Waals surface area contributed by atoms with Gasteiger partial charge >= 0.3 is 0 Å². The minimum atomic E-state index is 0.283. The molecule has 0 radical (unpaired) electrons. The van der Waals surface area contributed by atoms with E-state index in [1.807, 2.05) is 35.7 Å². The van der Waals surface area contributed by atoms with E-state index in [9.17, 15) is 0 Å². The van der Waals surface area contributed by atoms with Gasteiger partial charge in [0.15, 0.2) is 0 Å². The molecule has 0 fully saturated rings. The number of hydrogen-bond acceptors (Lipinski definition) is 2. The fourth-order valence-electron chi connectivity index (χ4n) is 1.57. The molecule has 2 aromatic rings. The average Bonchev–Trinajstić information content (AvgIpc) is 2.73. The van der Waals surface area contributed by atoms with E-state index in [1.165, 1.54) is 10.4 Å². The second kappa shape index (κ2) is 5.87. The van der Waals surface area contributed by atoms with Gasteiger partial charge in [0.05, 0.1) is 5.02 Å². The van der Waals surface area contributed by atoms with Crippen molar-refractivity contribution in [3.63, 3.8) is 0 Å². The molecule has 1 N–H and O–H groups in total. The Morgan fingerprint density at radius 3 is 2.47 bits per heavy atom. The Hall–Kier alpha value is -0.540. The summed E-state index contributed by atoms with van der Waals surface area (Å²) in [6.07, 6.45) is 0. The first-order valence-corrected chi connectivity index (χ1v) is 7.01. The van der Waals surface area contributed by atoms with Gasteiger partial charge in [0.1, 0.15) is 0 Å². The molecule has 17 heavy (non-hydrogen) atoms. The van der Waals surface area contributed by atoms with Crippen molar-refractivity contribution < 1.29 is 0 Å². The minimum absolute atomic E-state index is 0.283. The lowest BCUT2D eigenvalue weighted by Gasteiger charge is -2.13. The maximum Gasteiger partial charge on any atom is 0.0558 e. The van der Waals surface area contributed by atoms with E-state index in [2.05, 4.69) is 12.2 Å². The van der Waals surface area contributed by atoms with Crippen molar-refractivity contribution in [2.75, 3.05) is 0 Å². The topological polar surface area (TPSA) is 12.0 Å². The van der Waals surface area contributed by atoms with Crippen LogP contribution in [0.4, 0.5) is 0 Å². The Bertz CT molecular complexity index is 478. The molecule has 0 unspecified atom stereocenters. The molecule has 0 bridgehead atoms. The van der Waals surface area contributed by atoms with Crippen LogP contribution in [0.15, 0.2) is 35.7 Å². The molecular formula is C13H13Cl2NS. The predicted molar refractivity (Wildman–Crippen MR) is 76.0 cm³/mol. The Balaban J connectivity index is 1.95. The van der Waals surface area contributed by atoms with E-state index in [0.717, 1.165) is 16.6 Å². The van der Waals surface area contributed by atoms with Crippen molar-refractivity contribution in [2.24, 2.45) is 0 Å². The van der Waals surface area contributed by atoms with Crippen LogP contribution in [0.25, 0.3) is 0 Å². The molecule has 0 aliphatic carbocycles. The quantitative estimate of drug-likeness (QED) is 0.842. The maximum absolute atomic E-state index is 6.04. The summed E-state index contributed by atoms with van der Waals surface area (Å²) in [5, 5.41) is 7.06. The molecule has 0 saturated carbocycles. The third-order valence-corrected chi connectivity index (χ3v) is 4.27. The summed E-state index contributed by atoms with van der Waals surface area (Å²) in [6.45, 7) is 2.92. The van der Waals surface area contributed by atoms with Crippen LogP contribution in [0.1, 0.15) is 23.4 Å². The fourth-order valence-corrected chi connectivity index (χ4v) is 2.75. The van der Waals surface area contributed by atoms with E-state index in [0.29, 0.717) is 0 Å². The Morgan fingerprint density at radius 1 is 1.18 bits per heavy atom. The zero-order valence-corrected chi connectivity index (χ0v) is 11.7. The lowest BCUT2D eigenvalue weighted by Crippen LogP contribution is -2.17. The number of benzene rings is 1. The highest BCUT2D eigenvalue weighted by Crippen LogP contribution is 2.23. The molecule has 1 nitrogen and oxygen atoms in total. The highest BCUT2D eigenvalue weighted by molar-refractivity contribution is 7.10. The van der Waals surface area contributed by atoms with E-state index in [4.69, 9.17) is 23.2 Å². The Kier molecular flexibility index (Phi) is 4.46. The van der Waals surface area contributed by atoms with Gasteiger partial charge in [0.25, 0.3) is 0 Å². The Labute approximate surface area is 115 Å². The van der Waals surface area contributed by atoms with Crippen LogP contribution in [0, 0.1) is 0 Å². The van der Waals surface area contributed by atoms with Crippen LogP contribution in [-0.4, -0.2) is 0 Å². The van der Waals surface area contributed by atoms with E-state index < -0.39 is 0 Å². The SMILES string of the molecule is C[C@H](NCc1sccc1Cl)c1ccc(Cl)cc1. The molecular weight excluding hydrogens is 273 g/mol. The van der Waals surface area contributed by atoms with Crippen molar-refractivity contribution in [2.45, 2.75) is 19.5 Å². The van der Waals surface area contributed by atoms with Crippen LogP contribution in [0.5, 0.6) is 0 Å². The number of halogens is 2. The van der Waals surface area contributed by atoms with Crippen LogP contribution >= 0.6 is 34.5 Å². The van der Waals surface area contributed by atoms with E-state index in [1.54, 1.807) is 11.3 Å². The zero-order chi connectivity index (χ0) is 12.3. The first kappa shape index (κ1) is 12.9. The standard InChI is InChI=1S/C13H13Cl2NS/c1-9(10-2-4-11(14)5-3-10)16-8-13-12(15)6-7-17-13/h2-7,9,16H,8H2,1H3/t9-/m0/s1. The van der Waals surface area contributed by atoms with Crippen LogP contribution in [-0.2, 0) is 6.54 Å². The second-order valence-electron chi connectivity index (χ2n) is 3.85. The van der Waals surface area contributed by atoms with Gasteiger partial charge in [0.2, 0.25) is 0 Å². The molecule has 0 amide bonds. The van der Waals surface area contributed by atoms with Crippen molar-refractivity contribution in [3.05, 3.63) is 56.2 Å². The van der Waals surface area contributed by atoms with Gasteiger partial charge in [-0.05, 0) is 36.1 Å². The van der Waals surface area contributed by atoms with Gasteiger partial charge in [0, 0.05) is 22.5 Å². The summed E-state index contributed by atoms with van der Waals surface area (Å²) in [4.78, 5) is 1.17. The molecule has 90 valence electrons. The lowest BCUT2D eigenvalue weighted by atomic mass is 10.1. The molecule has 1 aromatic heterocycles. The molecule has 4 heteroatoms. The molecule has 0 saturated heterocycles. The number of rotatable bonds is 4. The fraction of sp³-hybridized carbons (Fsp3) is 0.231. The van der Waals surface area contributed by atoms with Crippen molar-refractivity contribution in [3.8, 4) is 0 Å². The second-order valence-corrected chi connectivity index (χ2v) is 5.69. The van der Waals surface area contributed by atoms with E-state index in [-0.39, 0.29) is 6.04 Å². The monoisotopic (exact) mass is 285 g/mol. The minimum Gasteiger partial charge on any atom is -0.305 e. The smallest absolute Gasteiger partial charge is 0.0558 e. The number of nitrogens with one attached hydrogen (secondary N) is 1. The predicted octanol–water partition coefficient (Wildman–Crippen LogP) is 4.91. The lowest BCUT2D eigenvalue weighted by molar-refractivity contribution is 0.579. The van der Waals surface area contributed by atoms with Crippen molar-refractivity contribution >= 4 is 34.5 Å². The highest BCUT2D eigenvalue weighted by Gasteiger charge is 2.07. The molecule has 0 spiro atoms. The normalized spacial score (nSPS) is 12.6.